The maximum atomic E-state index is 11.6. The zero-order chi connectivity index (χ0) is 13.5. The fraction of sp³-hybridized carbons (Fsp3) is 0.667. The Hall–Kier alpha value is -1.56. The molecule has 1 rings (SSSR count). The summed E-state index contributed by atoms with van der Waals surface area (Å²) in [4.78, 5) is 24.6. The number of rotatable bonds is 7. The van der Waals surface area contributed by atoms with Gasteiger partial charge in [0.05, 0.1) is 12.6 Å². The van der Waals surface area contributed by atoms with E-state index in [9.17, 15) is 9.59 Å². The van der Waals surface area contributed by atoms with Crippen LogP contribution in [0.5, 0.6) is 0 Å². The van der Waals surface area contributed by atoms with Crippen molar-refractivity contribution in [3.05, 3.63) is 12.3 Å². The fourth-order valence-corrected chi connectivity index (χ4v) is 1.77. The van der Waals surface area contributed by atoms with Crippen molar-refractivity contribution in [2.45, 2.75) is 25.8 Å². The van der Waals surface area contributed by atoms with E-state index in [1.54, 1.807) is 0 Å². The van der Waals surface area contributed by atoms with Crippen LogP contribution in [0.3, 0.4) is 0 Å². The van der Waals surface area contributed by atoms with Gasteiger partial charge in [-0.1, -0.05) is 6.58 Å². The highest BCUT2D eigenvalue weighted by atomic mass is 16.2. The number of likely N-dealkylation sites (tertiary alicyclic amines) is 1. The molecule has 0 spiro atoms. The lowest BCUT2D eigenvalue weighted by Crippen LogP contribution is -2.41. The average Bonchev–Trinajstić information content (AvgIpc) is 2.60. The van der Waals surface area contributed by atoms with Crippen molar-refractivity contribution in [2.24, 2.45) is 5.73 Å². The molecule has 1 saturated heterocycles. The number of carbonyl (C=O) groups excluding carboxylic acids is 2. The molecule has 0 radical (unpaired) electrons. The van der Waals surface area contributed by atoms with Gasteiger partial charge in [-0.05, 0) is 19.8 Å². The van der Waals surface area contributed by atoms with Crippen LogP contribution in [0.1, 0.15) is 19.8 Å². The summed E-state index contributed by atoms with van der Waals surface area (Å²) in [6.07, 6.45) is 1.46. The number of allylic oxidation sites excluding steroid dienone is 1. The van der Waals surface area contributed by atoms with Crippen LogP contribution in [0.15, 0.2) is 12.3 Å². The molecule has 2 amide bonds. The molecule has 1 aliphatic heterocycles. The van der Waals surface area contributed by atoms with Crippen LogP contribution in [-0.2, 0) is 9.59 Å². The first-order chi connectivity index (χ1) is 8.50. The van der Waals surface area contributed by atoms with Gasteiger partial charge in [0.15, 0.2) is 0 Å². The van der Waals surface area contributed by atoms with E-state index in [2.05, 4.69) is 17.2 Å². The van der Waals surface area contributed by atoms with E-state index in [-0.39, 0.29) is 18.4 Å². The van der Waals surface area contributed by atoms with Crippen LogP contribution in [0.4, 0.5) is 0 Å². The molecule has 6 heteroatoms. The molecular weight excluding hydrogens is 232 g/mol. The number of amides is 2. The molecule has 1 atom stereocenters. The highest BCUT2D eigenvalue weighted by molar-refractivity contribution is 5.88. The van der Waals surface area contributed by atoms with E-state index in [4.69, 9.17) is 5.73 Å². The summed E-state index contributed by atoms with van der Waals surface area (Å²) in [6, 6.07) is -0.433. The largest absolute Gasteiger partial charge is 0.389 e. The minimum Gasteiger partial charge on any atom is -0.389 e. The summed E-state index contributed by atoms with van der Waals surface area (Å²) in [5, 5.41) is 5.85. The zero-order valence-electron chi connectivity index (χ0n) is 10.9. The molecular formula is C12H22N4O2. The molecule has 4 N–H and O–H groups in total. The average molecular weight is 254 g/mol. The number of hydrogen-bond acceptors (Lipinski definition) is 4. The molecule has 1 aliphatic rings. The van der Waals surface area contributed by atoms with Gasteiger partial charge in [0.2, 0.25) is 11.8 Å². The topological polar surface area (TPSA) is 87.5 Å². The van der Waals surface area contributed by atoms with E-state index in [1.807, 2.05) is 6.92 Å². The lowest BCUT2D eigenvalue weighted by atomic mass is 10.3. The Bertz CT molecular complexity index is 330. The Labute approximate surface area is 108 Å². The number of nitrogens with two attached hydrogens (primary N) is 1. The van der Waals surface area contributed by atoms with Crippen molar-refractivity contribution in [3.63, 3.8) is 0 Å². The monoisotopic (exact) mass is 254 g/mol. The Morgan fingerprint density at radius 1 is 1.50 bits per heavy atom. The SMILES string of the molecule is C=C(C)NCCCNC(=O)CN1CCC(N)C1=O. The molecule has 1 unspecified atom stereocenters. The van der Waals surface area contributed by atoms with Gasteiger partial charge in [-0.25, -0.2) is 0 Å². The third kappa shape index (κ3) is 4.75. The van der Waals surface area contributed by atoms with Gasteiger partial charge in [0.1, 0.15) is 0 Å². The van der Waals surface area contributed by atoms with Crippen LogP contribution >= 0.6 is 0 Å². The molecule has 6 nitrogen and oxygen atoms in total. The fourth-order valence-electron chi connectivity index (χ4n) is 1.77. The first kappa shape index (κ1) is 14.5. The standard InChI is InChI=1S/C12H22N4O2/c1-9(2)14-5-3-6-15-11(17)8-16-7-4-10(13)12(16)18/h10,14H,1,3-8,13H2,2H3,(H,15,17). The van der Waals surface area contributed by atoms with E-state index < -0.39 is 6.04 Å². The third-order valence-corrected chi connectivity index (χ3v) is 2.78. The molecule has 0 saturated carbocycles. The van der Waals surface area contributed by atoms with Crippen LogP contribution in [0.25, 0.3) is 0 Å². The Kier molecular flexibility index (Phi) is 5.64. The first-order valence-electron chi connectivity index (χ1n) is 6.21. The maximum Gasteiger partial charge on any atom is 0.240 e. The molecule has 1 heterocycles. The second-order valence-electron chi connectivity index (χ2n) is 4.57. The summed E-state index contributed by atoms with van der Waals surface area (Å²) in [5.41, 5.74) is 6.49. The van der Waals surface area contributed by atoms with Crippen molar-refractivity contribution in [2.75, 3.05) is 26.2 Å². The summed E-state index contributed by atoms with van der Waals surface area (Å²) in [5.74, 6) is -0.262. The second kappa shape index (κ2) is 7.00. The van der Waals surface area contributed by atoms with Crippen molar-refractivity contribution in [3.8, 4) is 0 Å². The van der Waals surface area contributed by atoms with Crippen molar-refractivity contribution >= 4 is 11.8 Å². The van der Waals surface area contributed by atoms with Crippen molar-refractivity contribution in [1.82, 2.24) is 15.5 Å². The van der Waals surface area contributed by atoms with Gasteiger partial charge in [-0.2, -0.15) is 0 Å². The first-order valence-corrected chi connectivity index (χ1v) is 6.21. The summed E-state index contributed by atoms with van der Waals surface area (Å²) >= 11 is 0. The van der Waals surface area contributed by atoms with Gasteiger partial charge in [0, 0.05) is 25.3 Å². The molecule has 102 valence electrons. The molecule has 18 heavy (non-hydrogen) atoms. The predicted molar refractivity (Wildman–Crippen MR) is 69.6 cm³/mol. The number of hydrogen-bond donors (Lipinski definition) is 3. The molecule has 0 aliphatic carbocycles. The predicted octanol–water partition coefficient (Wildman–Crippen LogP) is -0.824. The molecule has 0 aromatic carbocycles. The minimum atomic E-state index is -0.433. The van der Waals surface area contributed by atoms with Crippen LogP contribution in [-0.4, -0.2) is 48.9 Å². The molecule has 0 bridgehead atoms. The third-order valence-electron chi connectivity index (χ3n) is 2.78. The Balaban J connectivity index is 2.11. The Morgan fingerprint density at radius 3 is 2.72 bits per heavy atom. The van der Waals surface area contributed by atoms with Gasteiger partial charge in [0.25, 0.3) is 0 Å². The maximum absolute atomic E-state index is 11.6. The van der Waals surface area contributed by atoms with Gasteiger partial charge in [-0.3, -0.25) is 9.59 Å². The molecule has 0 aromatic heterocycles. The van der Waals surface area contributed by atoms with E-state index in [1.165, 1.54) is 4.90 Å². The van der Waals surface area contributed by atoms with Gasteiger partial charge < -0.3 is 21.3 Å². The molecule has 1 fully saturated rings. The number of nitrogens with zero attached hydrogens (tertiary/aromatic N) is 1. The summed E-state index contributed by atoms with van der Waals surface area (Å²) in [7, 11) is 0. The van der Waals surface area contributed by atoms with Gasteiger partial charge >= 0.3 is 0 Å². The normalized spacial score (nSPS) is 18.9. The van der Waals surface area contributed by atoms with Crippen LogP contribution in [0, 0.1) is 0 Å². The highest BCUT2D eigenvalue weighted by Gasteiger charge is 2.29. The summed E-state index contributed by atoms with van der Waals surface area (Å²) < 4.78 is 0. The number of carbonyl (C=O) groups is 2. The quantitative estimate of drug-likeness (QED) is 0.518. The Morgan fingerprint density at radius 2 is 2.17 bits per heavy atom. The van der Waals surface area contributed by atoms with Crippen molar-refractivity contribution < 1.29 is 9.59 Å². The van der Waals surface area contributed by atoms with E-state index in [0.29, 0.717) is 19.5 Å². The lowest BCUT2D eigenvalue weighted by Gasteiger charge is -2.15. The zero-order valence-corrected chi connectivity index (χ0v) is 10.9. The van der Waals surface area contributed by atoms with Crippen LogP contribution in [0.2, 0.25) is 0 Å². The second-order valence-corrected chi connectivity index (χ2v) is 4.57. The highest BCUT2D eigenvalue weighted by Crippen LogP contribution is 2.07. The lowest BCUT2D eigenvalue weighted by molar-refractivity contribution is -0.133. The van der Waals surface area contributed by atoms with Crippen molar-refractivity contribution in [1.29, 1.82) is 0 Å². The molecule has 0 aromatic rings. The summed E-state index contributed by atoms with van der Waals surface area (Å²) in [6.45, 7) is 7.66. The van der Waals surface area contributed by atoms with E-state index in [0.717, 1.165) is 18.7 Å². The number of nitrogens with one attached hydrogen (secondary N) is 2. The van der Waals surface area contributed by atoms with E-state index >= 15 is 0 Å². The van der Waals surface area contributed by atoms with Gasteiger partial charge in [-0.15, -0.1) is 0 Å². The minimum absolute atomic E-state index is 0.112. The van der Waals surface area contributed by atoms with Crippen LogP contribution < -0.4 is 16.4 Å². The smallest absolute Gasteiger partial charge is 0.240 e.